The first-order chi connectivity index (χ1) is 16.6. The van der Waals surface area contributed by atoms with E-state index in [1.807, 2.05) is 20.8 Å². The molecule has 0 bridgehead atoms. The second-order valence-electron chi connectivity index (χ2n) is 12.1. The Morgan fingerprint density at radius 3 is 2.17 bits per heavy atom. The zero-order valence-electron chi connectivity index (χ0n) is 24.3. The molecule has 0 aromatic heterocycles. The number of rotatable bonds is 9. The van der Waals surface area contributed by atoms with Crippen LogP contribution in [0.4, 0.5) is 0 Å². The number of carbonyl (C=O) groups excluding carboxylic acids is 1. The van der Waals surface area contributed by atoms with Crippen molar-refractivity contribution in [3.05, 3.63) is 10.4 Å². The summed E-state index contributed by atoms with van der Waals surface area (Å²) in [6, 6.07) is -0.568. The summed E-state index contributed by atoms with van der Waals surface area (Å²) in [5.74, 6) is 0.0940. The molecule has 2 aliphatic rings. The van der Waals surface area contributed by atoms with Gasteiger partial charge in [-0.1, -0.05) is 60.5 Å². The van der Waals surface area contributed by atoms with Crippen molar-refractivity contribution in [2.24, 2.45) is 28.8 Å². The van der Waals surface area contributed by atoms with Crippen molar-refractivity contribution in [3.8, 4) is 0 Å². The minimum atomic E-state index is -2.28. The van der Waals surface area contributed by atoms with Crippen molar-refractivity contribution in [1.82, 2.24) is 0 Å². The van der Waals surface area contributed by atoms with Crippen LogP contribution in [-0.2, 0) is 28.2 Å². The summed E-state index contributed by atoms with van der Waals surface area (Å²) in [7, 11) is -2.28. The smallest absolute Gasteiger partial charge is 0.303 e. The zero-order chi connectivity index (χ0) is 27.6. The van der Waals surface area contributed by atoms with E-state index in [2.05, 4.69) is 64.7 Å². The zero-order valence-corrected chi connectivity index (χ0v) is 25.3. The Kier molecular flexibility index (Phi) is 10.5. The fraction of sp³-hybridized carbons (Fsp3) is 0.962. The molecule has 0 aromatic rings. The monoisotopic (exact) mass is 527 g/mol. The van der Waals surface area contributed by atoms with E-state index in [1.54, 1.807) is 0 Å². The Bertz CT molecular complexity index is 803. The average Bonchev–Trinajstić information content (AvgIpc) is 2.78. The molecule has 10 atom stereocenters. The van der Waals surface area contributed by atoms with Crippen molar-refractivity contribution in [2.45, 2.75) is 137 Å². The first-order valence-corrected chi connectivity index (χ1v) is 16.3. The molecule has 0 radical (unpaired) electrons. The van der Waals surface area contributed by atoms with Gasteiger partial charge in [-0.3, -0.25) is 4.79 Å². The lowest BCUT2D eigenvalue weighted by atomic mass is 9.83. The van der Waals surface area contributed by atoms with Gasteiger partial charge in [0, 0.05) is 17.8 Å². The van der Waals surface area contributed by atoms with Crippen LogP contribution in [0.1, 0.15) is 75.7 Å². The van der Waals surface area contributed by atoms with Crippen molar-refractivity contribution >= 4 is 14.3 Å². The number of ether oxygens (including phenoxy) is 4. The lowest BCUT2D eigenvalue weighted by molar-refractivity contribution is -0.319. The summed E-state index contributed by atoms with van der Waals surface area (Å²) in [5, 5.41) is 4.10. The van der Waals surface area contributed by atoms with Gasteiger partial charge in [0.25, 0.3) is 0 Å². The Labute approximate surface area is 218 Å². The first kappa shape index (κ1) is 31.1. The molecule has 0 aromatic carbocycles. The summed E-state index contributed by atoms with van der Waals surface area (Å²) in [6.45, 7) is 24.9. The van der Waals surface area contributed by atoms with Gasteiger partial charge in [0.1, 0.15) is 0 Å². The first-order valence-electron chi connectivity index (χ1n) is 13.4. The second kappa shape index (κ2) is 12.1. The van der Waals surface area contributed by atoms with Gasteiger partial charge in [0.05, 0.1) is 24.4 Å². The highest BCUT2D eigenvalue weighted by molar-refractivity contribution is 6.74. The maximum Gasteiger partial charge on any atom is 0.303 e. The quantitative estimate of drug-likeness (QED) is 0.112. The van der Waals surface area contributed by atoms with Crippen LogP contribution in [0.15, 0.2) is 5.11 Å². The normalized spacial score (nSPS) is 37.9. The van der Waals surface area contributed by atoms with E-state index in [-0.39, 0.29) is 41.0 Å². The predicted octanol–water partition coefficient (Wildman–Crippen LogP) is 6.43. The van der Waals surface area contributed by atoms with E-state index >= 15 is 0 Å². The standard InChI is InChI=1S/C26H49N3O6Si/c1-13-20-22(34-25-23(32-19(8)30)16(5)15(4)18(7)31-25)17(6)21(28-29-27)24(33-20)35-36(11,12)26(9,10)14(2)3/h14-18,20-25H,13H2,1-12H3/t15-,16-,17+,18?,20?,21?,22-,23?,24-,25-/m0/s1. The van der Waals surface area contributed by atoms with Gasteiger partial charge in [-0.25, -0.2) is 0 Å². The molecule has 2 fully saturated rings. The van der Waals surface area contributed by atoms with E-state index in [0.29, 0.717) is 12.3 Å². The van der Waals surface area contributed by atoms with Crippen molar-refractivity contribution < 1.29 is 28.2 Å². The van der Waals surface area contributed by atoms with E-state index < -0.39 is 39.1 Å². The summed E-state index contributed by atoms with van der Waals surface area (Å²) in [4.78, 5) is 15.0. The number of nitrogens with zero attached hydrogens (tertiary/aromatic N) is 3. The molecule has 10 heteroatoms. The van der Waals surface area contributed by atoms with Crippen LogP contribution in [0, 0.1) is 23.7 Å². The molecule has 2 aliphatic heterocycles. The average molecular weight is 528 g/mol. The molecule has 2 heterocycles. The highest BCUT2D eigenvalue weighted by atomic mass is 28.4. The van der Waals surface area contributed by atoms with Crippen molar-refractivity contribution in [2.75, 3.05) is 0 Å². The van der Waals surface area contributed by atoms with Crippen LogP contribution >= 0.6 is 0 Å². The van der Waals surface area contributed by atoms with Gasteiger partial charge in [-0.05, 0) is 54.8 Å². The topological polar surface area (TPSA) is 112 Å². The highest BCUT2D eigenvalue weighted by Crippen LogP contribution is 2.47. The summed E-state index contributed by atoms with van der Waals surface area (Å²) >= 11 is 0. The Morgan fingerprint density at radius 1 is 1.06 bits per heavy atom. The summed E-state index contributed by atoms with van der Waals surface area (Å²) in [6.07, 6.45) is -2.04. The van der Waals surface area contributed by atoms with Crippen LogP contribution in [0.2, 0.25) is 18.1 Å². The third-order valence-corrected chi connectivity index (χ3v) is 13.8. The number of hydrogen-bond donors (Lipinski definition) is 0. The predicted molar refractivity (Wildman–Crippen MR) is 142 cm³/mol. The molecule has 0 saturated carbocycles. The van der Waals surface area contributed by atoms with E-state index in [1.165, 1.54) is 6.92 Å². The minimum absolute atomic E-state index is 0.0221. The lowest BCUT2D eigenvalue weighted by Gasteiger charge is -2.51. The van der Waals surface area contributed by atoms with E-state index in [4.69, 9.17) is 23.4 Å². The summed E-state index contributed by atoms with van der Waals surface area (Å²) in [5.41, 5.74) is 9.41. The maximum absolute atomic E-state index is 11.9. The van der Waals surface area contributed by atoms with Gasteiger partial charge in [-0.2, -0.15) is 0 Å². The second-order valence-corrected chi connectivity index (χ2v) is 16.7. The molecule has 2 saturated heterocycles. The van der Waals surface area contributed by atoms with E-state index in [0.717, 1.165) is 0 Å². The van der Waals surface area contributed by atoms with Crippen molar-refractivity contribution in [3.63, 3.8) is 0 Å². The molecule has 208 valence electrons. The lowest BCUT2D eigenvalue weighted by Crippen LogP contribution is -2.60. The molecular weight excluding hydrogens is 478 g/mol. The fourth-order valence-corrected chi connectivity index (χ4v) is 7.58. The number of azide groups is 1. The maximum atomic E-state index is 11.9. The van der Waals surface area contributed by atoms with Crippen LogP contribution in [0.5, 0.6) is 0 Å². The molecule has 0 amide bonds. The van der Waals surface area contributed by atoms with Crippen LogP contribution in [-0.4, -0.2) is 57.3 Å². The van der Waals surface area contributed by atoms with Gasteiger partial charge < -0.3 is 23.4 Å². The number of esters is 1. The van der Waals surface area contributed by atoms with Gasteiger partial charge >= 0.3 is 5.97 Å². The molecule has 0 spiro atoms. The SMILES string of the molecule is CCC1O[C@@H](O[Si](C)(C)C(C)(C)C(C)C)C(N=[N+]=[N-])[C@@H](C)[C@@H]1O[C@@H]1OC(C)[C@@H](C)[C@H](C)C1OC(C)=O. The molecule has 9 nitrogen and oxygen atoms in total. The Hall–Kier alpha value is -1.16. The minimum Gasteiger partial charge on any atom is -0.457 e. The van der Waals surface area contributed by atoms with Crippen LogP contribution < -0.4 is 0 Å². The molecule has 36 heavy (non-hydrogen) atoms. The van der Waals surface area contributed by atoms with Gasteiger partial charge in [-0.15, -0.1) is 0 Å². The fourth-order valence-electron chi connectivity index (χ4n) is 5.11. The third kappa shape index (κ3) is 6.45. The largest absolute Gasteiger partial charge is 0.457 e. The molecule has 0 aliphatic carbocycles. The summed E-state index contributed by atoms with van der Waals surface area (Å²) < 4.78 is 31.7. The number of carbonyl (C=O) groups is 1. The molecule has 2 rings (SSSR count). The number of hydrogen-bond acceptors (Lipinski definition) is 7. The van der Waals surface area contributed by atoms with Crippen molar-refractivity contribution in [1.29, 1.82) is 0 Å². The van der Waals surface area contributed by atoms with Crippen LogP contribution in [0.3, 0.4) is 0 Å². The highest BCUT2D eigenvalue weighted by Gasteiger charge is 2.52. The molecular formula is C26H49N3O6Si. The Morgan fingerprint density at radius 2 is 1.67 bits per heavy atom. The van der Waals surface area contributed by atoms with Gasteiger partial charge in [0.2, 0.25) is 0 Å². The van der Waals surface area contributed by atoms with Gasteiger partial charge in [0.15, 0.2) is 27.0 Å². The molecule has 0 N–H and O–H groups in total. The van der Waals surface area contributed by atoms with E-state index in [9.17, 15) is 10.3 Å². The van der Waals surface area contributed by atoms with Crippen LogP contribution in [0.25, 0.3) is 10.4 Å². The third-order valence-electron chi connectivity index (χ3n) is 9.30. The Balaban J connectivity index is 2.35. The molecule has 4 unspecified atom stereocenters.